The van der Waals surface area contributed by atoms with Crippen LogP contribution >= 0.6 is 11.3 Å². The van der Waals surface area contributed by atoms with Gasteiger partial charge in [-0.15, -0.1) is 0 Å². The average molecular weight is 481 g/mol. The van der Waals surface area contributed by atoms with Crippen molar-refractivity contribution in [1.29, 1.82) is 0 Å². The summed E-state index contributed by atoms with van der Waals surface area (Å²) in [6, 6.07) is 6.42. The largest absolute Gasteiger partial charge is 0.340 e. The van der Waals surface area contributed by atoms with Crippen molar-refractivity contribution >= 4 is 33.2 Å². The van der Waals surface area contributed by atoms with Crippen LogP contribution in [-0.2, 0) is 14.8 Å². The third-order valence-electron chi connectivity index (χ3n) is 5.41. The first-order valence-corrected chi connectivity index (χ1v) is 12.6. The number of aryl methyl sites for hydroxylation is 2. The highest BCUT2D eigenvalue weighted by atomic mass is 32.2. The zero-order chi connectivity index (χ0) is 23.6. The topological polar surface area (TPSA) is 120 Å². The molecule has 32 heavy (non-hydrogen) atoms. The Morgan fingerprint density at radius 2 is 1.78 bits per heavy atom. The van der Waals surface area contributed by atoms with Crippen molar-refractivity contribution in [3.63, 3.8) is 0 Å². The van der Waals surface area contributed by atoms with Crippen LogP contribution in [0.1, 0.15) is 35.5 Å². The smallest absolute Gasteiger partial charge is 0.305 e. The molecular weight excluding hydrogens is 452 g/mol. The third-order valence-corrected chi connectivity index (χ3v) is 8.89. The number of amides is 2. The molecule has 1 unspecified atom stereocenters. The number of aromatic amines is 1. The van der Waals surface area contributed by atoms with E-state index < -0.39 is 20.9 Å². The molecule has 2 heterocycles. The number of sulfonamides is 1. The second-order valence-electron chi connectivity index (χ2n) is 8.22. The van der Waals surface area contributed by atoms with Gasteiger partial charge in [-0.05, 0) is 31.9 Å². The Morgan fingerprint density at radius 3 is 2.31 bits per heavy atom. The predicted octanol–water partition coefficient (Wildman–Crippen LogP) is 1.34. The van der Waals surface area contributed by atoms with E-state index in [-0.39, 0.29) is 48.1 Å². The Kier molecular flexibility index (Phi) is 7.21. The molecule has 1 atom stereocenters. The number of thiazole rings is 1. The molecule has 1 aromatic heterocycles. The number of nitrogens with one attached hydrogen (secondary N) is 2. The van der Waals surface area contributed by atoms with Crippen LogP contribution in [0, 0.1) is 19.8 Å². The van der Waals surface area contributed by atoms with Crippen LogP contribution < -0.4 is 10.2 Å². The quantitative estimate of drug-likeness (QED) is 0.647. The van der Waals surface area contributed by atoms with E-state index in [1.807, 2.05) is 26.8 Å². The molecule has 9 nitrogen and oxygen atoms in total. The monoisotopic (exact) mass is 480 g/mol. The van der Waals surface area contributed by atoms with E-state index in [0.717, 1.165) is 5.56 Å². The number of aromatic nitrogens is 1. The molecule has 0 saturated carbocycles. The minimum Gasteiger partial charge on any atom is -0.340 e. The molecule has 0 aliphatic carbocycles. The molecule has 0 radical (unpaired) electrons. The molecule has 2 amide bonds. The van der Waals surface area contributed by atoms with Crippen LogP contribution in [0.3, 0.4) is 0 Å². The SMILES string of the molecule is Cc1cccc(C(=O)NC(C(=O)N2CCN(S(=O)(=O)c3sc(=O)[nH]c3C)CC2)C(C)C)c1. The van der Waals surface area contributed by atoms with E-state index in [9.17, 15) is 22.8 Å². The first-order chi connectivity index (χ1) is 15.0. The predicted molar refractivity (Wildman–Crippen MR) is 122 cm³/mol. The van der Waals surface area contributed by atoms with Crippen molar-refractivity contribution in [3.8, 4) is 0 Å². The van der Waals surface area contributed by atoms with Gasteiger partial charge in [-0.1, -0.05) is 42.9 Å². The first kappa shape index (κ1) is 24.1. The fourth-order valence-corrected chi connectivity index (χ4v) is 6.48. The van der Waals surface area contributed by atoms with Crippen LogP contribution in [-0.4, -0.2) is 66.6 Å². The summed E-state index contributed by atoms with van der Waals surface area (Å²) in [6.45, 7) is 7.82. The number of hydrogen-bond donors (Lipinski definition) is 2. The first-order valence-electron chi connectivity index (χ1n) is 10.4. The van der Waals surface area contributed by atoms with Gasteiger partial charge in [-0.3, -0.25) is 14.4 Å². The van der Waals surface area contributed by atoms with Crippen LogP contribution in [0.4, 0.5) is 0 Å². The zero-order valence-electron chi connectivity index (χ0n) is 18.5. The fourth-order valence-electron chi connectivity index (χ4n) is 3.62. The summed E-state index contributed by atoms with van der Waals surface area (Å²) in [5, 5.41) is 2.84. The molecule has 1 aliphatic rings. The molecule has 11 heteroatoms. The Labute approximate surface area is 191 Å². The molecule has 174 valence electrons. The van der Waals surface area contributed by atoms with E-state index in [0.29, 0.717) is 22.6 Å². The molecule has 1 aliphatic heterocycles. The highest BCUT2D eigenvalue weighted by Gasteiger charge is 2.35. The fraction of sp³-hybridized carbons (Fsp3) is 0.476. The minimum atomic E-state index is -3.80. The van der Waals surface area contributed by atoms with Crippen molar-refractivity contribution in [3.05, 3.63) is 50.8 Å². The van der Waals surface area contributed by atoms with E-state index in [4.69, 9.17) is 0 Å². The Morgan fingerprint density at radius 1 is 1.12 bits per heavy atom. The van der Waals surface area contributed by atoms with Crippen LogP contribution in [0.15, 0.2) is 33.3 Å². The van der Waals surface area contributed by atoms with E-state index >= 15 is 0 Å². The highest BCUT2D eigenvalue weighted by molar-refractivity contribution is 7.91. The van der Waals surface area contributed by atoms with Gasteiger partial charge in [0.2, 0.25) is 5.91 Å². The normalized spacial score (nSPS) is 16.2. The Hall–Kier alpha value is -2.50. The van der Waals surface area contributed by atoms with Gasteiger partial charge < -0.3 is 15.2 Å². The standard InChI is InChI=1S/C21H28N4O5S2/c1-13(2)17(23-18(26)16-7-5-6-14(3)12-16)19(27)24-8-10-25(11-9-24)32(29,30)20-15(4)22-21(28)31-20/h5-7,12-13,17H,8-11H2,1-4H3,(H,22,28)(H,23,26). The van der Waals surface area contributed by atoms with E-state index in [2.05, 4.69) is 10.3 Å². The Balaban J connectivity index is 1.68. The maximum absolute atomic E-state index is 13.2. The second-order valence-corrected chi connectivity index (χ2v) is 11.3. The lowest BCUT2D eigenvalue weighted by molar-refractivity contribution is -0.135. The highest BCUT2D eigenvalue weighted by Crippen LogP contribution is 2.23. The summed E-state index contributed by atoms with van der Waals surface area (Å²) in [5.41, 5.74) is 1.75. The molecule has 2 aromatic rings. The van der Waals surface area contributed by atoms with Gasteiger partial charge in [0.25, 0.3) is 15.9 Å². The molecule has 2 N–H and O–H groups in total. The molecular formula is C21H28N4O5S2. The average Bonchev–Trinajstić information content (AvgIpc) is 3.10. The summed E-state index contributed by atoms with van der Waals surface area (Å²) >= 11 is 0.668. The van der Waals surface area contributed by atoms with E-state index in [1.54, 1.807) is 30.0 Å². The van der Waals surface area contributed by atoms with Gasteiger partial charge in [0.05, 0.1) is 0 Å². The van der Waals surface area contributed by atoms with Crippen LogP contribution in [0.5, 0.6) is 0 Å². The number of rotatable bonds is 6. The molecule has 1 saturated heterocycles. The number of carbonyl (C=O) groups excluding carboxylic acids is 2. The summed E-state index contributed by atoms with van der Waals surface area (Å²) < 4.78 is 27.1. The van der Waals surface area contributed by atoms with Crippen molar-refractivity contribution in [1.82, 2.24) is 19.5 Å². The number of H-pyrrole nitrogens is 1. The molecule has 0 bridgehead atoms. The van der Waals surface area contributed by atoms with Crippen molar-refractivity contribution < 1.29 is 18.0 Å². The maximum atomic E-state index is 13.2. The van der Waals surface area contributed by atoms with E-state index in [1.165, 1.54) is 4.31 Å². The molecule has 1 aromatic carbocycles. The molecule has 0 spiro atoms. The number of carbonyl (C=O) groups is 2. The second kappa shape index (κ2) is 9.55. The van der Waals surface area contributed by atoms with Crippen LogP contribution in [0.25, 0.3) is 0 Å². The lowest BCUT2D eigenvalue weighted by Gasteiger charge is -2.36. The zero-order valence-corrected chi connectivity index (χ0v) is 20.2. The summed E-state index contributed by atoms with van der Waals surface area (Å²) in [7, 11) is -3.80. The van der Waals surface area contributed by atoms with Gasteiger partial charge in [0, 0.05) is 37.4 Å². The summed E-state index contributed by atoms with van der Waals surface area (Å²) in [4.78, 5) is 41.0. The van der Waals surface area contributed by atoms with Gasteiger partial charge in [-0.25, -0.2) is 8.42 Å². The summed E-state index contributed by atoms with van der Waals surface area (Å²) in [5.74, 6) is -0.696. The van der Waals surface area contributed by atoms with Gasteiger partial charge in [0.1, 0.15) is 6.04 Å². The van der Waals surface area contributed by atoms with Gasteiger partial charge >= 0.3 is 4.87 Å². The van der Waals surface area contributed by atoms with Gasteiger partial charge in [-0.2, -0.15) is 4.31 Å². The van der Waals surface area contributed by atoms with Crippen molar-refractivity contribution in [2.45, 2.75) is 37.9 Å². The van der Waals surface area contributed by atoms with Gasteiger partial charge in [0.15, 0.2) is 4.21 Å². The maximum Gasteiger partial charge on any atom is 0.305 e. The summed E-state index contributed by atoms with van der Waals surface area (Å²) in [6.07, 6.45) is 0. The van der Waals surface area contributed by atoms with Crippen molar-refractivity contribution in [2.24, 2.45) is 5.92 Å². The number of piperazine rings is 1. The third kappa shape index (κ3) is 5.11. The minimum absolute atomic E-state index is 0.00718. The number of nitrogens with zero attached hydrogens (tertiary/aromatic N) is 2. The number of hydrogen-bond acceptors (Lipinski definition) is 6. The number of benzene rings is 1. The lowest BCUT2D eigenvalue weighted by Crippen LogP contribution is -2.57. The molecule has 1 fully saturated rings. The lowest BCUT2D eigenvalue weighted by atomic mass is 10.0. The Bertz CT molecular complexity index is 1160. The van der Waals surface area contributed by atoms with Crippen LogP contribution in [0.2, 0.25) is 0 Å². The van der Waals surface area contributed by atoms with Crippen molar-refractivity contribution in [2.75, 3.05) is 26.2 Å². The molecule has 3 rings (SSSR count).